The van der Waals surface area contributed by atoms with Crippen molar-refractivity contribution in [3.63, 3.8) is 0 Å². The van der Waals surface area contributed by atoms with E-state index in [1.54, 1.807) is 36.7 Å². The molecule has 0 unspecified atom stereocenters. The van der Waals surface area contributed by atoms with E-state index in [-0.39, 0.29) is 6.61 Å². The van der Waals surface area contributed by atoms with Gasteiger partial charge in [0.25, 0.3) is 0 Å². The summed E-state index contributed by atoms with van der Waals surface area (Å²) in [5.74, 6) is 0. The highest BCUT2D eigenvalue weighted by Gasteiger charge is 2.04. The molecule has 0 amide bonds. The summed E-state index contributed by atoms with van der Waals surface area (Å²) in [7, 11) is 0. The van der Waals surface area contributed by atoms with Gasteiger partial charge in [-0.15, -0.1) is 0 Å². The first kappa shape index (κ1) is 10.3. The molecule has 1 aromatic carbocycles. The lowest BCUT2D eigenvalue weighted by Crippen LogP contribution is -2.11. The van der Waals surface area contributed by atoms with Crippen LogP contribution < -0.4 is 5.73 Å². The molecular weight excluding hydrogens is 204 g/mol. The third-order valence-corrected chi connectivity index (χ3v) is 2.13. The molecule has 0 aliphatic carbocycles. The van der Waals surface area contributed by atoms with Gasteiger partial charge in [0.05, 0.1) is 0 Å². The number of nitrogens with two attached hydrogens (primary N) is 1. The fourth-order valence-corrected chi connectivity index (χ4v) is 1.36. The Balaban J connectivity index is 1.95. The number of carbonyl (C=O) groups is 1. The quantitative estimate of drug-likeness (QED) is 0.783. The zero-order valence-electron chi connectivity index (χ0n) is 8.67. The minimum atomic E-state index is -0.396. The van der Waals surface area contributed by atoms with Crippen LogP contribution in [-0.4, -0.2) is 10.7 Å². The molecule has 2 rings (SSSR count). The fraction of sp³-hybridized carbons (Fsp3) is 0.0833. The maximum Gasteiger partial charge on any atom is 0.418 e. The van der Waals surface area contributed by atoms with E-state index in [2.05, 4.69) is 0 Å². The molecule has 1 heterocycles. The van der Waals surface area contributed by atoms with Crippen molar-refractivity contribution < 1.29 is 9.53 Å². The standard InChI is InChI=1S/C12H12N2O2/c13-11-5-3-4-10(8-11)9-16-12(15)14-6-1-2-7-14/h1-8H,9,13H2. The lowest BCUT2D eigenvalue weighted by Gasteiger charge is -2.05. The number of anilines is 1. The molecule has 82 valence electrons. The summed E-state index contributed by atoms with van der Waals surface area (Å²) in [6, 6.07) is 10.8. The molecule has 0 aliphatic rings. The normalized spacial score (nSPS) is 10.0. The number of hydrogen-bond donors (Lipinski definition) is 1. The summed E-state index contributed by atoms with van der Waals surface area (Å²) in [6.07, 6.45) is 2.89. The molecule has 2 aromatic rings. The van der Waals surface area contributed by atoms with E-state index >= 15 is 0 Å². The van der Waals surface area contributed by atoms with E-state index < -0.39 is 6.09 Å². The predicted octanol–water partition coefficient (Wildman–Crippen LogP) is 2.26. The first-order valence-corrected chi connectivity index (χ1v) is 4.90. The highest BCUT2D eigenvalue weighted by atomic mass is 16.5. The van der Waals surface area contributed by atoms with Crippen LogP contribution in [0.5, 0.6) is 0 Å². The van der Waals surface area contributed by atoms with Gasteiger partial charge in [0.2, 0.25) is 0 Å². The van der Waals surface area contributed by atoms with Crippen LogP contribution in [0.15, 0.2) is 48.8 Å². The molecule has 0 fully saturated rings. The van der Waals surface area contributed by atoms with Gasteiger partial charge in [-0.3, -0.25) is 4.57 Å². The minimum absolute atomic E-state index is 0.224. The second kappa shape index (κ2) is 4.53. The molecule has 0 spiro atoms. The monoisotopic (exact) mass is 216 g/mol. The molecule has 0 saturated carbocycles. The highest BCUT2D eigenvalue weighted by Crippen LogP contribution is 2.08. The number of carbonyl (C=O) groups excluding carboxylic acids is 1. The van der Waals surface area contributed by atoms with Crippen LogP contribution in [0.2, 0.25) is 0 Å². The maximum atomic E-state index is 11.5. The molecule has 0 radical (unpaired) electrons. The van der Waals surface area contributed by atoms with Crippen molar-refractivity contribution in [1.29, 1.82) is 0 Å². The Labute approximate surface area is 93.3 Å². The minimum Gasteiger partial charge on any atom is -0.444 e. The number of benzene rings is 1. The summed E-state index contributed by atoms with van der Waals surface area (Å²) in [5.41, 5.74) is 7.15. The lowest BCUT2D eigenvalue weighted by molar-refractivity contribution is 0.141. The number of hydrogen-bond acceptors (Lipinski definition) is 3. The van der Waals surface area contributed by atoms with Gasteiger partial charge in [0, 0.05) is 18.1 Å². The van der Waals surface area contributed by atoms with Crippen LogP contribution in [0.25, 0.3) is 0 Å². The number of ether oxygens (including phenoxy) is 1. The summed E-state index contributed by atoms with van der Waals surface area (Å²) in [4.78, 5) is 11.5. The summed E-state index contributed by atoms with van der Waals surface area (Å²) < 4.78 is 6.48. The zero-order chi connectivity index (χ0) is 11.4. The van der Waals surface area contributed by atoms with E-state index in [0.717, 1.165) is 5.56 Å². The van der Waals surface area contributed by atoms with Gasteiger partial charge in [-0.2, -0.15) is 0 Å². The second-order valence-electron chi connectivity index (χ2n) is 3.39. The molecule has 16 heavy (non-hydrogen) atoms. The van der Waals surface area contributed by atoms with Crippen molar-refractivity contribution in [2.45, 2.75) is 6.61 Å². The SMILES string of the molecule is Nc1cccc(COC(=O)n2cccc2)c1. The topological polar surface area (TPSA) is 57.2 Å². The van der Waals surface area contributed by atoms with Crippen molar-refractivity contribution in [2.75, 3.05) is 5.73 Å². The second-order valence-corrected chi connectivity index (χ2v) is 3.39. The van der Waals surface area contributed by atoms with Crippen LogP contribution >= 0.6 is 0 Å². The van der Waals surface area contributed by atoms with Crippen LogP contribution in [0, 0.1) is 0 Å². The third-order valence-electron chi connectivity index (χ3n) is 2.13. The van der Waals surface area contributed by atoms with Crippen molar-refractivity contribution in [2.24, 2.45) is 0 Å². The van der Waals surface area contributed by atoms with Gasteiger partial charge in [-0.25, -0.2) is 4.79 Å². The van der Waals surface area contributed by atoms with Gasteiger partial charge in [0.15, 0.2) is 0 Å². The maximum absolute atomic E-state index is 11.5. The highest BCUT2D eigenvalue weighted by molar-refractivity contribution is 5.70. The van der Waals surface area contributed by atoms with Gasteiger partial charge < -0.3 is 10.5 Å². The average Bonchev–Trinajstić information content (AvgIpc) is 2.79. The van der Waals surface area contributed by atoms with Gasteiger partial charge >= 0.3 is 6.09 Å². The third kappa shape index (κ3) is 2.42. The van der Waals surface area contributed by atoms with Gasteiger partial charge in [-0.1, -0.05) is 12.1 Å². The fourth-order valence-electron chi connectivity index (χ4n) is 1.36. The molecule has 1 aromatic heterocycles. The van der Waals surface area contributed by atoms with Gasteiger partial charge in [-0.05, 0) is 29.8 Å². The molecule has 0 atom stereocenters. The zero-order valence-corrected chi connectivity index (χ0v) is 8.67. The van der Waals surface area contributed by atoms with Crippen LogP contribution in [0.1, 0.15) is 5.56 Å². The Morgan fingerprint density at radius 2 is 2.00 bits per heavy atom. The number of nitrogen functional groups attached to an aromatic ring is 1. The Hall–Kier alpha value is -2.23. The van der Waals surface area contributed by atoms with Crippen LogP contribution in [0.4, 0.5) is 10.5 Å². The van der Waals surface area contributed by atoms with E-state index in [4.69, 9.17) is 10.5 Å². The molecule has 2 N–H and O–H groups in total. The Bertz CT molecular complexity index is 478. The summed E-state index contributed by atoms with van der Waals surface area (Å²) in [5, 5.41) is 0. The Morgan fingerprint density at radius 1 is 1.25 bits per heavy atom. The van der Waals surface area contributed by atoms with Crippen molar-refractivity contribution in [1.82, 2.24) is 4.57 Å². The molecule has 0 saturated heterocycles. The summed E-state index contributed by atoms with van der Waals surface area (Å²) >= 11 is 0. The van der Waals surface area contributed by atoms with E-state index in [1.807, 2.05) is 12.1 Å². The van der Waals surface area contributed by atoms with Crippen molar-refractivity contribution >= 4 is 11.8 Å². The molecule has 0 aliphatic heterocycles. The lowest BCUT2D eigenvalue weighted by atomic mass is 10.2. The largest absolute Gasteiger partial charge is 0.444 e. The molecule has 0 bridgehead atoms. The molecule has 4 nitrogen and oxygen atoms in total. The smallest absolute Gasteiger partial charge is 0.418 e. The summed E-state index contributed by atoms with van der Waals surface area (Å²) in [6.45, 7) is 0.224. The van der Waals surface area contributed by atoms with Crippen molar-refractivity contribution in [3.8, 4) is 0 Å². The van der Waals surface area contributed by atoms with Crippen LogP contribution in [0.3, 0.4) is 0 Å². The number of nitrogens with zero attached hydrogens (tertiary/aromatic N) is 1. The number of rotatable bonds is 2. The van der Waals surface area contributed by atoms with E-state index in [0.29, 0.717) is 5.69 Å². The van der Waals surface area contributed by atoms with Crippen molar-refractivity contribution in [3.05, 3.63) is 54.4 Å². The number of aromatic nitrogens is 1. The first-order chi connectivity index (χ1) is 7.75. The molecular formula is C12H12N2O2. The van der Waals surface area contributed by atoms with E-state index in [9.17, 15) is 4.79 Å². The molecule has 4 heteroatoms. The van der Waals surface area contributed by atoms with Crippen LogP contribution in [-0.2, 0) is 11.3 Å². The first-order valence-electron chi connectivity index (χ1n) is 4.90. The Kier molecular flexibility index (Phi) is 2.91. The predicted molar refractivity (Wildman–Crippen MR) is 60.9 cm³/mol. The average molecular weight is 216 g/mol. The Morgan fingerprint density at radius 3 is 2.69 bits per heavy atom. The van der Waals surface area contributed by atoms with Gasteiger partial charge in [0.1, 0.15) is 6.61 Å². The van der Waals surface area contributed by atoms with E-state index in [1.165, 1.54) is 4.57 Å².